The van der Waals surface area contributed by atoms with Crippen LogP contribution in [0.25, 0.3) is 11.4 Å². The van der Waals surface area contributed by atoms with Crippen LogP contribution in [0.5, 0.6) is 11.5 Å². The van der Waals surface area contributed by atoms with E-state index in [2.05, 4.69) is 20.5 Å². The Morgan fingerprint density at radius 3 is 2.70 bits per heavy atom. The molecule has 0 atom stereocenters. The van der Waals surface area contributed by atoms with Gasteiger partial charge in [0.1, 0.15) is 11.5 Å². The largest absolute Gasteiger partial charge is 0.504 e. The summed E-state index contributed by atoms with van der Waals surface area (Å²) < 4.78 is 4.98. The Labute approximate surface area is 160 Å². The van der Waals surface area contributed by atoms with Gasteiger partial charge in [0.2, 0.25) is 0 Å². The number of hydrogen-bond acceptors (Lipinski definition) is 5. The van der Waals surface area contributed by atoms with Crippen LogP contribution < -0.4 is 10.2 Å². The van der Waals surface area contributed by atoms with Gasteiger partial charge in [0.15, 0.2) is 11.5 Å². The Balaban J connectivity index is 1.71. The Kier molecular flexibility index (Phi) is 5.42. The van der Waals surface area contributed by atoms with Gasteiger partial charge in [0.05, 0.1) is 19.0 Å². The predicted octanol–water partition coefficient (Wildman–Crippen LogP) is 3.52. The fraction of sp³-hybridized carbons (Fsp3) is 0.105. The number of methoxy groups -OCH3 is 1. The molecule has 3 rings (SSSR count). The van der Waals surface area contributed by atoms with Gasteiger partial charge in [-0.1, -0.05) is 11.6 Å². The first kappa shape index (κ1) is 18.5. The second kappa shape index (κ2) is 7.92. The van der Waals surface area contributed by atoms with Gasteiger partial charge in [-0.15, -0.1) is 0 Å². The zero-order valence-electron chi connectivity index (χ0n) is 14.7. The first-order valence-corrected chi connectivity index (χ1v) is 8.38. The summed E-state index contributed by atoms with van der Waals surface area (Å²) in [6.45, 7) is 1.73. The number of carbonyl (C=O) groups excluding carboxylic acids is 1. The van der Waals surface area contributed by atoms with E-state index in [9.17, 15) is 9.90 Å². The molecule has 0 fully saturated rings. The highest BCUT2D eigenvalue weighted by Crippen LogP contribution is 2.25. The number of aromatic nitrogens is 2. The molecule has 0 aliphatic heterocycles. The number of nitrogens with zero attached hydrogens (tertiary/aromatic N) is 2. The second-order valence-corrected chi connectivity index (χ2v) is 6.12. The molecule has 1 heterocycles. The predicted molar refractivity (Wildman–Crippen MR) is 103 cm³/mol. The molecule has 1 amide bonds. The lowest BCUT2D eigenvalue weighted by Gasteiger charge is -2.03. The highest BCUT2D eigenvalue weighted by Gasteiger charge is 2.14. The van der Waals surface area contributed by atoms with Crippen molar-refractivity contribution in [2.75, 3.05) is 7.11 Å². The van der Waals surface area contributed by atoms with Gasteiger partial charge in [-0.05, 0) is 55.0 Å². The number of aryl methyl sites for hydroxylation is 1. The molecule has 8 heteroatoms. The van der Waals surface area contributed by atoms with E-state index in [0.29, 0.717) is 33.5 Å². The Morgan fingerprint density at radius 2 is 2.04 bits per heavy atom. The van der Waals surface area contributed by atoms with Crippen molar-refractivity contribution in [3.8, 4) is 22.9 Å². The maximum absolute atomic E-state index is 12.3. The zero-order chi connectivity index (χ0) is 19.4. The van der Waals surface area contributed by atoms with Crippen molar-refractivity contribution >= 4 is 23.7 Å². The number of carbonyl (C=O) groups is 1. The summed E-state index contributed by atoms with van der Waals surface area (Å²) >= 11 is 5.89. The molecule has 3 N–H and O–H groups in total. The van der Waals surface area contributed by atoms with Gasteiger partial charge in [-0.25, -0.2) is 10.4 Å². The van der Waals surface area contributed by atoms with Crippen LogP contribution in [0.1, 0.15) is 21.7 Å². The molecule has 0 saturated heterocycles. The van der Waals surface area contributed by atoms with E-state index in [0.717, 1.165) is 5.56 Å². The molecule has 0 spiro atoms. The van der Waals surface area contributed by atoms with Crippen molar-refractivity contribution in [2.45, 2.75) is 6.92 Å². The molecule has 0 aliphatic rings. The average molecular weight is 385 g/mol. The molecule has 0 saturated carbocycles. The smallest absolute Gasteiger partial charge is 0.289 e. The number of amides is 1. The van der Waals surface area contributed by atoms with Crippen LogP contribution in [0, 0.1) is 6.92 Å². The van der Waals surface area contributed by atoms with Crippen molar-refractivity contribution in [3.63, 3.8) is 0 Å². The minimum Gasteiger partial charge on any atom is -0.504 e. The molecule has 27 heavy (non-hydrogen) atoms. The number of phenolic OH excluding ortho intramolecular Hbond substituents is 1. The number of nitrogens with one attached hydrogen (secondary N) is 2. The minimum absolute atomic E-state index is 0.00945. The first-order chi connectivity index (χ1) is 13.0. The van der Waals surface area contributed by atoms with Crippen molar-refractivity contribution in [1.29, 1.82) is 0 Å². The SMILES string of the molecule is COc1ccc(/C=N/NC(=O)c2[nH]c(-c3ccc(Cl)cc3)nc2C)cc1O. The number of ether oxygens (including phenoxy) is 1. The zero-order valence-corrected chi connectivity index (χ0v) is 15.4. The van der Waals surface area contributed by atoms with E-state index >= 15 is 0 Å². The van der Waals surface area contributed by atoms with Crippen LogP contribution in [0.2, 0.25) is 5.02 Å². The van der Waals surface area contributed by atoms with Gasteiger partial charge in [0, 0.05) is 10.6 Å². The monoisotopic (exact) mass is 384 g/mol. The van der Waals surface area contributed by atoms with Crippen LogP contribution in [-0.4, -0.2) is 34.3 Å². The lowest BCUT2D eigenvalue weighted by atomic mass is 10.2. The summed E-state index contributed by atoms with van der Waals surface area (Å²) in [6.07, 6.45) is 1.42. The van der Waals surface area contributed by atoms with Gasteiger partial charge in [-0.3, -0.25) is 4.79 Å². The Hall–Kier alpha value is -3.32. The molecular formula is C19H17ClN4O3. The van der Waals surface area contributed by atoms with E-state index in [-0.39, 0.29) is 5.75 Å². The molecule has 0 bridgehead atoms. The van der Waals surface area contributed by atoms with E-state index in [1.807, 2.05) is 12.1 Å². The highest BCUT2D eigenvalue weighted by atomic mass is 35.5. The molecule has 0 aliphatic carbocycles. The first-order valence-electron chi connectivity index (χ1n) is 8.01. The number of halogens is 1. The molecule has 2 aromatic carbocycles. The third kappa shape index (κ3) is 4.27. The van der Waals surface area contributed by atoms with Gasteiger partial charge >= 0.3 is 0 Å². The lowest BCUT2D eigenvalue weighted by Crippen LogP contribution is -2.19. The number of hydrogen-bond donors (Lipinski definition) is 3. The molecule has 0 unspecified atom stereocenters. The molecule has 138 valence electrons. The van der Waals surface area contributed by atoms with Crippen molar-refractivity contribution in [2.24, 2.45) is 5.10 Å². The normalized spacial score (nSPS) is 10.9. The standard InChI is InChI=1S/C19H17ClN4O3/c1-11-17(23-18(22-11)13-4-6-14(20)7-5-13)19(26)24-21-10-12-3-8-16(27-2)15(25)9-12/h3-10,25H,1-2H3,(H,22,23)(H,24,26)/b21-10+. The van der Waals surface area contributed by atoms with Crippen LogP contribution in [0.4, 0.5) is 0 Å². The molecular weight excluding hydrogens is 368 g/mol. The van der Waals surface area contributed by atoms with Crippen LogP contribution in [-0.2, 0) is 0 Å². The number of benzene rings is 2. The summed E-state index contributed by atoms with van der Waals surface area (Å²) in [5, 5.41) is 14.3. The van der Waals surface area contributed by atoms with E-state index < -0.39 is 5.91 Å². The van der Waals surface area contributed by atoms with Crippen LogP contribution in [0.3, 0.4) is 0 Å². The number of aromatic hydroxyl groups is 1. The number of aromatic amines is 1. The third-order valence-electron chi connectivity index (χ3n) is 3.81. The van der Waals surface area contributed by atoms with E-state index in [4.69, 9.17) is 16.3 Å². The Morgan fingerprint density at radius 1 is 1.30 bits per heavy atom. The number of phenols is 1. The van der Waals surface area contributed by atoms with Gasteiger partial charge < -0.3 is 14.8 Å². The maximum Gasteiger partial charge on any atom is 0.289 e. The number of hydrazone groups is 1. The fourth-order valence-corrected chi connectivity index (χ4v) is 2.56. The number of H-pyrrole nitrogens is 1. The summed E-state index contributed by atoms with van der Waals surface area (Å²) in [5.74, 6) is 0.497. The fourth-order valence-electron chi connectivity index (χ4n) is 2.43. The summed E-state index contributed by atoms with van der Waals surface area (Å²) in [6, 6.07) is 11.9. The lowest BCUT2D eigenvalue weighted by molar-refractivity contribution is 0.0950. The maximum atomic E-state index is 12.3. The van der Waals surface area contributed by atoms with Gasteiger partial charge in [0.25, 0.3) is 5.91 Å². The molecule has 1 aromatic heterocycles. The summed E-state index contributed by atoms with van der Waals surface area (Å²) in [5.41, 5.74) is 4.73. The second-order valence-electron chi connectivity index (χ2n) is 5.68. The van der Waals surface area contributed by atoms with Crippen molar-refractivity contribution < 1.29 is 14.6 Å². The topological polar surface area (TPSA) is 99.6 Å². The third-order valence-corrected chi connectivity index (χ3v) is 4.06. The molecule has 3 aromatic rings. The number of rotatable bonds is 5. The van der Waals surface area contributed by atoms with Gasteiger partial charge in [-0.2, -0.15) is 5.10 Å². The average Bonchev–Trinajstić information content (AvgIpc) is 3.04. The molecule has 7 nitrogen and oxygen atoms in total. The van der Waals surface area contributed by atoms with E-state index in [1.54, 1.807) is 31.2 Å². The number of imidazole rings is 1. The highest BCUT2D eigenvalue weighted by molar-refractivity contribution is 6.30. The van der Waals surface area contributed by atoms with E-state index in [1.165, 1.54) is 19.4 Å². The quantitative estimate of drug-likeness (QED) is 0.463. The van der Waals surface area contributed by atoms with Crippen molar-refractivity contribution in [1.82, 2.24) is 15.4 Å². The van der Waals surface area contributed by atoms with Crippen LogP contribution >= 0.6 is 11.6 Å². The minimum atomic E-state index is -0.422. The molecule has 0 radical (unpaired) electrons. The Bertz CT molecular complexity index is 997. The summed E-state index contributed by atoms with van der Waals surface area (Å²) in [7, 11) is 1.47. The van der Waals surface area contributed by atoms with Crippen molar-refractivity contribution in [3.05, 3.63) is 64.4 Å². The van der Waals surface area contributed by atoms with Crippen LogP contribution in [0.15, 0.2) is 47.6 Å². The summed E-state index contributed by atoms with van der Waals surface area (Å²) in [4.78, 5) is 19.7.